The van der Waals surface area contributed by atoms with Crippen LogP contribution in [0.15, 0.2) is 108 Å². The van der Waals surface area contributed by atoms with Crippen LogP contribution >= 0.6 is 0 Å². The average Bonchev–Trinajstić information content (AvgIpc) is 3.01. The van der Waals surface area contributed by atoms with Crippen LogP contribution in [0.3, 0.4) is 0 Å². The number of hydrogen-bond acceptors (Lipinski definition) is 4. The fourth-order valence-corrected chi connectivity index (χ4v) is 6.53. The van der Waals surface area contributed by atoms with Crippen LogP contribution in [0.25, 0.3) is 0 Å². The lowest BCUT2D eigenvalue weighted by Gasteiger charge is -2.33. The van der Waals surface area contributed by atoms with E-state index in [0.29, 0.717) is 5.69 Å². The van der Waals surface area contributed by atoms with Crippen LogP contribution in [0.1, 0.15) is 47.6 Å². The van der Waals surface area contributed by atoms with Gasteiger partial charge in [-0.3, -0.25) is 13.9 Å². The number of sulfonamides is 1. The van der Waals surface area contributed by atoms with Gasteiger partial charge in [-0.05, 0) is 60.7 Å². The molecule has 0 aromatic heterocycles. The first-order valence-electron chi connectivity index (χ1n) is 14.8. The van der Waals surface area contributed by atoms with Crippen molar-refractivity contribution in [2.24, 2.45) is 0 Å². The molecule has 0 saturated heterocycles. The van der Waals surface area contributed by atoms with Gasteiger partial charge < -0.3 is 10.2 Å². The molecule has 4 aromatic rings. The first kappa shape index (κ1) is 32.5. The molecule has 0 aliphatic heterocycles. The van der Waals surface area contributed by atoms with Crippen molar-refractivity contribution in [3.05, 3.63) is 131 Å². The number of anilines is 1. The Hall–Kier alpha value is -4.43. The summed E-state index contributed by atoms with van der Waals surface area (Å²) in [5.74, 6) is -0.562. The van der Waals surface area contributed by atoms with Crippen molar-refractivity contribution in [1.29, 1.82) is 0 Å². The van der Waals surface area contributed by atoms with Crippen LogP contribution < -0.4 is 9.62 Å². The highest BCUT2D eigenvalue weighted by molar-refractivity contribution is 7.92. The molecule has 1 atom stereocenters. The first-order valence-corrected chi connectivity index (χ1v) is 16.2. The Balaban J connectivity index is 1.79. The van der Waals surface area contributed by atoms with E-state index < -0.39 is 28.5 Å². The van der Waals surface area contributed by atoms with E-state index in [1.807, 2.05) is 80.6 Å². The van der Waals surface area contributed by atoms with Crippen molar-refractivity contribution in [2.75, 3.05) is 17.9 Å². The Morgan fingerprint density at radius 3 is 2.00 bits per heavy atom. The minimum absolute atomic E-state index is 0.0845. The molecule has 0 radical (unpaired) electrons. The molecule has 0 saturated carbocycles. The molecule has 7 nitrogen and oxygen atoms in total. The Morgan fingerprint density at radius 1 is 0.773 bits per heavy atom. The number of nitrogens with zero attached hydrogens (tertiary/aromatic N) is 2. The van der Waals surface area contributed by atoms with Gasteiger partial charge in [-0.15, -0.1) is 0 Å². The number of hydrogen-bond donors (Lipinski definition) is 1. The van der Waals surface area contributed by atoms with Gasteiger partial charge in [0.05, 0.1) is 10.6 Å². The molecule has 0 spiro atoms. The summed E-state index contributed by atoms with van der Waals surface area (Å²) in [5, 5.41) is 2.72. The molecule has 4 aromatic carbocycles. The lowest BCUT2D eigenvalue weighted by atomic mass is 10.0. The fourth-order valence-electron chi connectivity index (χ4n) is 5.12. The summed E-state index contributed by atoms with van der Waals surface area (Å²) < 4.78 is 29.5. The van der Waals surface area contributed by atoms with Crippen molar-refractivity contribution in [2.45, 2.75) is 57.5 Å². The van der Waals surface area contributed by atoms with Crippen molar-refractivity contribution in [3.63, 3.8) is 0 Å². The van der Waals surface area contributed by atoms with Crippen LogP contribution in [0.2, 0.25) is 0 Å². The number of carbonyl (C=O) groups is 2. The molecule has 44 heavy (non-hydrogen) atoms. The summed E-state index contributed by atoms with van der Waals surface area (Å²) in [6, 6.07) is 30.2. The van der Waals surface area contributed by atoms with Gasteiger partial charge in [0.25, 0.3) is 10.0 Å². The number of rotatable bonds is 12. The lowest BCUT2D eigenvalue weighted by Crippen LogP contribution is -2.53. The normalized spacial score (nSPS) is 12.0. The predicted molar refractivity (Wildman–Crippen MR) is 176 cm³/mol. The van der Waals surface area contributed by atoms with E-state index in [1.54, 1.807) is 43.4 Å². The van der Waals surface area contributed by atoms with Gasteiger partial charge in [-0.2, -0.15) is 0 Å². The van der Waals surface area contributed by atoms with Gasteiger partial charge in [0.15, 0.2) is 0 Å². The predicted octanol–water partition coefficient (Wildman–Crippen LogP) is 6.01. The molecule has 0 unspecified atom stereocenters. The monoisotopic (exact) mass is 611 g/mol. The molecule has 0 aliphatic carbocycles. The van der Waals surface area contributed by atoms with Crippen LogP contribution in [-0.2, 0) is 32.6 Å². The molecule has 0 fully saturated rings. The Labute approximate surface area is 261 Å². The standard InChI is InChI=1S/C36H41N3O4S/c1-26(2)31-16-18-32(19-17-31)39(44(42,43)33-20-14-27(3)15-21-33)25-35(40)38(24-30-13-9-10-28(4)22-30)34(36(41)37-5)23-29-11-7-6-8-12-29/h6-22,26,34H,23-25H2,1-5H3,(H,37,41)/t34-/m0/s1. The number of likely N-dealkylation sites (N-methyl/N-ethyl adjacent to an activating group) is 1. The van der Waals surface area contributed by atoms with E-state index >= 15 is 0 Å². The summed E-state index contributed by atoms with van der Waals surface area (Å²) in [4.78, 5) is 29.4. The van der Waals surface area contributed by atoms with E-state index in [-0.39, 0.29) is 29.7 Å². The molecule has 4 rings (SSSR count). The molecule has 0 aliphatic rings. The zero-order valence-electron chi connectivity index (χ0n) is 26.0. The Morgan fingerprint density at radius 2 is 1.41 bits per heavy atom. The maximum absolute atomic E-state index is 14.4. The molecule has 1 N–H and O–H groups in total. The van der Waals surface area contributed by atoms with E-state index in [9.17, 15) is 18.0 Å². The zero-order chi connectivity index (χ0) is 31.9. The molecule has 8 heteroatoms. The third-order valence-electron chi connectivity index (χ3n) is 7.69. The van der Waals surface area contributed by atoms with Crippen molar-refractivity contribution in [1.82, 2.24) is 10.2 Å². The largest absolute Gasteiger partial charge is 0.357 e. The number of aryl methyl sites for hydroxylation is 2. The summed E-state index contributed by atoms with van der Waals surface area (Å²) in [6.07, 6.45) is 0.270. The Kier molecular flexibility index (Phi) is 10.6. The van der Waals surface area contributed by atoms with Crippen molar-refractivity contribution >= 4 is 27.5 Å². The minimum Gasteiger partial charge on any atom is -0.357 e. The summed E-state index contributed by atoms with van der Waals surface area (Å²) in [7, 11) is -2.60. The third kappa shape index (κ3) is 7.94. The van der Waals surface area contributed by atoms with Gasteiger partial charge in [-0.1, -0.05) is 104 Å². The second-order valence-electron chi connectivity index (χ2n) is 11.4. The van der Waals surface area contributed by atoms with Crippen LogP contribution in [-0.4, -0.2) is 44.8 Å². The quantitative estimate of drug-likeness (QED) is 0.213. The highest BCUT2D eigenvalue weighted by atomic mass is 32.2. The van der Waals surface area contributed by atoms with Crippen LogP contribution in [0, 0.1) is 13.8 Å². The van der Waals surface area contributed by atoms with Gasteiger partial charge in [0.2, 0.25) is 11.8 Å². The lowest BCUT2D eigenvalue weighted by molar-refractivity contribution is -0.139. The summed E-state index contributed by atoms with van der Waals surface area (Å²) in [5.41, 5.74) is 5.09. The summed E-state index contributed by atoms with van der Waals surface area (Å²) >= 11 is 0. The fraction of sp³-hybridized carbons (Fsp3) is 0.278. The van der Waals surface area contributed by atoms with E-state index in [4.69, 9.17) is 0 Å². The number of carbonyl (C=O) groups excluding carboxylic acids is 2. The number of nitrogens with one attached hydrogen (secondary N) is 1. The molecular weight excluding hydrogens is 570 g/mol. The second-order valence-corrected chi connectivity index (χ2v) is 13.3. The van der Waals surface area contributed by atoms with Gasteiger partial charge in [0.1, 0.15) is 12.6 Å². The van der Waals surface area contributed by atoms with Gasteiger partial charge in [0, 0.05) is 20.0 Å². The maximum atomic E-state index is 14.4. The SMILES string of the molecule is CNC(=O)[C@H](Cc1ccccc1)N(Cc1cccc(C)c1)C(=O)CN(c1ccc(C(C)C)cc1)S(=O)(=O)c1ccc(C)cc1. The van der Waals surface area contributed by atoms with Crippen molar-refractivity contribution < 1.29 is 18.0 Å². The molecular formula is C36H41N3O4S. The second kappa shape index (κ2) is 14.4. The third-order valence-corrected chi connectivity index (χ3v) is 9.48. The van der Waals surface area contributed by atoms with E-state index in [1.165, 1.54) is 4.90 Å². The Bertz CT molecular complexity index is 1670. The maximum Gasteiger partial charge on any atom is 0.264 e. The highest BCUT2D eigenvalue weighted by Gasteiger charge is 2.34. The zero-order valence-corrected chi connectivity index (χ0v) is 26.8. The topological polar surface area (TPSA) is 86.8 Å². The molecule has 2 amide bonds. The number of benzene rings is 4. The molecule has 0 bridgehead atoms. The van der Waals surface area contributed by atoms with Crippen LogP contribution in [0.4, 0.5) is 5.69 Å². The molecule has 230 valence electrons. The summed E-state index contributed by atoms with van der Waals surface area (Å²) in [6.45, 7) is 7.63. The van der Waals surface area contributed by atoms with E-state index in [2.05, 4.69) is 19.2 Å². The smallest absolute Gasteiger partial charge is 0.264 e. The van der Waals surface area contributed by atoms with Crippen molar-refractivity contribution in [3.8, 4) is 0 Å². The van der Waals surface area contributed by atoms with E-state index in [0.717, 1.165) is 32.1 Å². The van der Waals surface area contributed by atoms with Crippen LogP contribution in [0.5, 0.6) is 0 Å². The first-order chi connectivity index (χ1) is 21.0. The number of amides is 2. The molecule has 0 heterocycles. The average molecular weight is 612 g/mol. The van der Waals surface area contributed by atoms with Gasteiger partial charge in [-0.25, -0.2) is 8.42 Å². The minimum atomic E-state index is -4.14. The highest BCUT2D eigenvalue weighted by Crippen LogP contribution is 2.27. The van der Waals surface area contributed by atoms with Gasteiger partial charge >= 0.3 is 0 Å².